The van der Waals surface area contributed by atoms with Gasteiger partial charge in [-0.15, -0.1) is 0 Å². The third-order valence-corrected chi connectivity index (χ3v) is 3.37. The molecule has 5 heteroatoms. The van der Waals surface area contributed by atoms with Gasteiger partial charge in [0.2, 0.25) is 0 Å². The zero-order valence-electron chi connectivity index (χ0n) is 11.8. The van der Waals surface area contributed by atoms with Gasteiger partial charge >= 0.3 is 0 Å². The van der Waals surface area contributed by atoms with Crippen molar-refractivity contribution in [3.8, 4) is 11.5 Å². The van der Waals surface area contributed by atoms with Crippen LogP contribution in [0.3, 0.4) is 0 Å². The number of benzene rings is 2. The standard InChI is InChI=1S/C16H16Cl2FNO/c1-10(2)20-9-11-7-12(17)3-5-15(11)21-16-6-4-13(19)8-14(16)18/h3-8,10,20H,9H2,1-2H3. The van der Waals surface area contributed by atoms with Gasteiger partial charge in [0.15, 0.2) is 0 Å². The summed E-state index contributed by atoms with van der Waals surface area (Å²) in [4.78, 5) is 0. The maximum Gasteiger partial charge on any atom is 0.146 e. The Labute approximate surface area is 133 Å². The Hall–Kier alpha value is -1.29. The lowest BCUT2D eigenvalue weighted by atomic mass is 10.2. The molecular weight excluding hydrogens is 312 g/mol. The van der Waals surface area contributed by atoms with Gasteiger partial charge in [-0.25, -0.2) is 4.39 Å². The lowest BCUT2D eigenvalue weighted by molar-refractivity contribution is 0.468. The first-order chi connectivity index (χ1) is 9.95. The molecule has 0 aliphatic heterocycles. The molecule has 0 heterocycles. The topological polar surface area (TPSA) is 21.3 Å². The molecule has 0 aromatic heterocycles. The van der Waals surface area contributed by atoms with Gasteiger partial charge in [-0.1, -0.05) is 37.0 Å². The zero-order chi connectivity index (χ0) is 15.4. The molecule has 0 amide bonds. The average Bonchev–Trinajstić information content (AvgIpc) is 2.41. The van der Waals surface area contributed by atoms with E-state index in [0.717, 1.165) is 5.56 Å². The second-order valence-electron chi connectivity index (χ2n) is 4.96. The first kappa shape index (κ1) is 16.1. The number of nitrogens with one attached hydrogen (secondary N) is 1. The predicted octanol–water partition coefficient (Wildman–Crippen LogP) is 5.42. The Morgan fingerprint density at radius 1 is 1.10 bits per heavy atom. The quantitative estimate of drug-likeness (QED) is 0.791. The molecule has 0 radical (unpaired) electrons. The molecule has 0 bridgehead atoms. The Balaban J connectivity index is 2.26. The molecule has 0 spiro atoms. The highest BCUT2D eigenvalue weighted by Crippen LogP contribution is 2.32. The fraction of sp³-hybridized carbons (Fsp3) is 0.250. The molecule has 0 fully saturated rings. The van der Waals surface area contributed by atoms with Crippen molar-refractivity contribution in [3.63, 3.8) is 0 Å². The van der Waals surface area contributed by atoms with Gasteiger partial charge in [0, 0.05) is 23.2 Å². The normalized spacial score (nSPS) is 11.0. The lowest BCUT2D eigenvalue weighted by Crippen LogP contribution is -2.22. The van der Waals surface area contributed by atoms with Crippen LogP contribution in [-0.4, -0.2) is 6.04 Å². The average molecular weight is 328 g/mol. The van der Waals surface area contributed by atoms with Crippen LogP contribution >= 0.6 is 23.2 Å². The van der Waals surface area contributed by atoms with Crippen LogP contribution in [0.5, 0.6) is 11.5 Å². The predicted molar refractivity (Wildman–Crippen MR) is 84.9 cm³/mol. The van der Waals surface area contributed by atoms with Crippen molar-refractivity contribution in [2.24, 2.45) is 0 Å². The summed E-state index contributed by atoms with van der Waals surface area (Å²) in [6.07, 6.45) is 0. The lowest BCUT2D eigenvalue weighted by Gasteiger charge is -2.14. The Bertz CT molecular complexity index is 632. The first-order valence-corrected chi connectivity index (χ1v) is 7.36. The van der Waals surface area contributed by atoms with Crippen molar-refractivity contribution < 1.29 is 9.13 Å². The van der Waals surface area contributed by atoms with E-state index in [-0.39, 0.29) is 5.02 Å². The molecule has 0 saturated heterocycles. The SMILES string of the molecule is CC(C)NCc1cc(Cl)ccc1Oc1ccc(F)cc1Cl. The Morgan fingerprint density at radius 2 is 1.81 bits per heavy atom. The van der Waals surface area contributed by atoms with Crippen molar-refractivity contribution in [2.75, 3.05) is 0 Å². The van der Waals surface area contributed by atoms with Crippen LogP contribution < -0.4 is 10.1 Å². The molecular formula is C16H16Cl2FNO. The minimum absolute atomic E-state index is 0.229. The minimum atomic E-state index is -0.398. The zero-order valence-corrected chi connectivity index (χ0v) is 13.3. The van der Waals surface area contributed by atoms with E-state index < -0.39 is 5.82 Å². The monoisotopic (exact) mass is 327 g/mol. The molecule has 2 rings (SSSR count). The van der Waals surface area contributed by atoms with Crippen molar-refractivity contribution in [1.82, 2.24) is 5.32 Å². The number of rotatable bonds is 5. The van der Waals surface area contributed by atoms with E-state index in [9.17, 15) is 4.39 Å². The van der Waals surface area contributed by atoms with Crippen LogP contribution in [0.1, 0.15) is 19.4 Å². The summed E-state index contributed by atoms with van der Waals surface area (Å²) >= 11 is 12.0. The number of hydrogen-bond donors (Lipinski definition) is 1. The van der Waals surface area contributed by atoms with E-state index in [4.69, 9.17) is 27.9 Å². The summed E-state index contributed by atoms with van der Waals surface area (Å²) in [5.74, 6) is 0.650. The molecule has 21 heavy (non-hydrogen) atoms. The van der Waals surface area contributed by atoms with Crippen molar-refractivity contribution in [2.45, 2.75) is 26.4 Å². The number of hydrogen-bond acceptors (Lipinski definition) is 2. The van der Waals surface area contributed by atoms with Gasteiger partial charge in [0.1, 0.15) is 17.3 Å². The van der Waals surface area contributed by atoms with E-state index in [1.54, 1.807) is 12.1 Å². The summed E-state index contributed by atoms with van der Waals surface area (Å²) in [5, 5.41) is 4.17. The van der Waals surface area contributed by atoms with Crippen molar-refractivity contribution >= 4 is 23.2 Å². The molecule has 2 aromatic carbocycles. The summed E-state index contributed by atoms with van der Waals surface area (Å²) in [6, 6.07) is 9.73. The highest BCUT2D eigenvalue weighted by atomic mass is 35.5. The first-order valence-electron chi connectivity index (χ1n) is 6.60. The van der Waals surface area contributed by atoms with Gasteiger partial charge in [-0.2, -0.15) is 0 Å². The third-order valence-electron chi connectivity index (χ3n) is 2.84. The Kier molecular flexibility index (Phi) is 5.45. The van der Waals surface area contributed by atoms with E-state index in [2.05, 4.69) is 19.2 Å². The summed E-state index contributed by atoms with van der Waals surface area (Å²) in [7, 11) is 0. The second-order valence-corrected chi connectivity index (χ2v) is 5.81. The van der Waals surface area contributed by atoms with Crippen LogP contribution in [0, 0.1) is 5.82 Å². The van der Waals surface area contributed by atoms with Gasteiger partial charge in [0.05, 0.1) is 5.02 Å². The number of halogens is 3. The van der Waals surface area contributed by atoms with Gasteiger partial charge in [0.25, 0.3) is 0 Å². The van der Waals surface area contributed by atoms with Crippen LogP contribution in [0.2, 0.25) is 10.0 Å². The maximum absolute atomic E-state index is 13.1. The molecule has 0 atom stereocenters. The molecule has 2 aromatic rings. The summed E-state index contributed by atoms with van der Waals surface area (Å²) in [6.45, 7) is 4.73. The van der Waals surface area contributed by atoms with Gasteiger partial charge < -0.3 is 10.1 Å². The maximum atomic E-state index is 13.1. The van der Waals surface area contributed by atoms with Crippen LogP contribution in [-0.2, 0) is 6.54 Å². The van der Waals surface area contributed by atoms with Crippen LogP contribution in [0.25, 0.3) is 0 Å². The molecule has 0 saturated carbocycles. The molecule has 0 unspecified atom stereocenters. The fourth-order valence-electron chi connectivity index (χ4n) is 1.78. The number of ether oxygens (including phenoxy) is 1. The highest BCUT2D eigenvalue weighted by molar-refractivity contribution is 6.32. The van der Waals surface area contributed by atoms with Crippen molar-refractivity contribution in [1.29, 1.82) is 0 Å². The third kappa shape index (κ3) is 4.60. The van der Waals surface area contributed by atoms with E-state index in [0.29, 0.717) is 29.1 Å². The largest absolute Gasteiger partial charge is 0.455 e. The minimum Gasteiger partial charge on any atom is -0.455 e. The van der Waals surface area contributed by atoms with E-state index >= 15 is 0 Å². The van der Waals surface area contributed by atoms with Crippen LogP contribution in [0.15, 0.2) is 36.4 Å². The molecule has 1 N–H and O–H groups in total. The fourth-order valence-corrected chi connectivity index (χ4v) is 2.18. The summed E-state index contributed by atoms with van der Waals surface area (Å²) in [5.41, 5.74) is 0.914. The van der Waals surface area contributed by atoms with E-state index in [1.807, 2.05) is 6.07 Å². The molecule has 112 valence electrons. The summed E-state index contributed by atoms with van der Waals surface area (Å²) < 4.78 is 18.8. The van der Waals surface area contributed by atoms with E-state index in [1.165, 1.54) is 18.2 Å². The van der Waals surface area contributed by atoms with Crippen molar-refractivity contribution in [3.05, 3.63) is 57.8 Å². The smallest absolute Gasteiger partial charge is 0.146 e. The highest BCUT2D eigenvalue weighted by Gasteiger charge is 2.10. The Morgan fingerprint density at radius 3 is 2.48 bits per heavy atom. The molecule has 0 aliphatic carbocycles. The molecule has 0 aliphatic rings. The molecule has 2 nitrogen and oxygen atoms in total. The van der Waals surface area contributed by atoms with Crippen LogP contribution in [0.4, 0.5) is 4.39 Å². The second kappa shape index (κ2) is 7.12. The van der Waals surface area contributed by atoms with Gasteiger partial charge in [-0.05, 0) is 36.4 Å². The van der Waals surface area contributed by atoms with Gasteiger partial charge in [-0.3, -0.25) is 0 Å².